The number of nitrogens with one attached hydrogen (secondary N) is 1. The minimum Gasteiger partial charge on any atom is -0.469 e. The standard InChI is InChI=1S/C14H21NO2/c1-11-7-5-6-8-12(11)9-15-10-14(2,3)13(16)17-4/h5-8,15H,9-10H2,1-4H3. The van der Waals surface area contributed by atoms with Gasteiger partial charge < -0.3 is 10.1 Å². The molecule has 0 heterocycles. The monoisotopic (exact) mass is 235 g/mol. The van der Waals surface area contributed by atoms with Crippen LogP contribution in [0.25, 0.3) is 0 Å². The molecule has 3 nitrogen and oxygen atoms in total. The van der Waals surface area contributed by atoms with Crippen molar-refractivity contribution >= 4 is 5.97 Å². The zero-order valence-corrected chi connectivity index (χ0v) is 11.0. The highest BCUT2D eigenvalue weighted by molar-refractivity contribution is 5.76. The fraction of sp³-hybridized carbons (Fsp3) is 0.500. The summed E-state index contributed by atoms with van der Waals surface area (Å²) >= 11 is 0. The van der Waals surface area contributed by atoms with Crippen LogP contribution in [0.5, 0.6) is 0 Å². The summed E-state index contributed by atoms with van der Waals surface area (Å²) in [5.74, 6) is -0.185. The van der Waals surface area contributed by atoms with Crippen molar-refractivity contribution in [2.24, 2.45) is 5.41 Å². The molecule has 0 aliphatic heterocycles. The van der Waals surface area contributed by atoms with Crippen molar-refractivity contribution in [3.05, 3.63) is 35.4 Å². The molecule has 0 aromatic heterocycles. The lowest BCUT2D eigenvalue weighted by Crippen LogP contribution is -2.36. The van der Waals surface area contributed by atoms with Crippen molar-refractivity contribution in [1.82, 2.24) is 5.32 Å². The Balaban J connectivity index is 2.48. The Morgan fingerprint density at radius 3 is 2.59 bits per heavy atom. The number of carbonyl (C=O) groups is 1. The van der Waals surface area contributed by atoms with E-state index in [9.17, 15) is 4.79 Å². The highest BCUT2D eigenvalue weighted by atomic mass is 16.5. The number of aryl methyl sites for hydroxylation is 1. The van der Waals surface area contributed by atoms with Crippen LogP contribution in [-0.2, 0) is 16.1 Å². The maximum absolute atomic E-state index is 11.5. The predicted octanol–water partition coefficient (Wildman–Crippen LogP) is 2.28. The van der Waals surface area contributed by atoms with Crippen LogP contribution in [0.15, 0.2) is 24.3 Å². The van der Waals surface area contributed by atoms with E-state index in [2.05, 4.69) is 24.4 Å². The molecule has 1 aromatic carbocycles. The third-order valence-corrected chi connectivity index (χ3v) is 2.88. The van der Waals surface area contributed by atoms with Gasteiger partial charge in [0.25, 0.3) is 0 Å². The van der Waals surface area contributed by atoms with Gasteiger partial charge in [0, 0.05) is 13.1 Å². The topological polar surface area (TPSA) is 38.3 Å². The average Bonchev–Trinajstić information content (AvgIpc) is 2.30. The van der Waals surface area contributed by atoms with Crippen LogP contribution in [0.1, 0.15) is 25.0 Å². The average molecular weight is 235 g/mol. The number of hydrogen-bond donors (Lipinski definition) is 1. The fourth-order valence-corrected chi connectivity index (χ4v) is 1.67. The van der Waals surface area contributed by atoms with Crippen molar-refractivity contribution < 1.29 is 9.53 Å². The number of ether oxygens (including phenoxy) is 1. The zero-order valence-electron chi connectivity index (χ0n) is 11.0. The molecule has 0 fully saturated rings. The third-order valence-electron chi connectivity index (χ3n) is 2.88. The van der Waals surface area contributed by atoms with E-state index in [1.54, 1.807) is 0 Å². The van der Waals surface area contributed by atoms with E-state index >= 15 is 0 Å². The third kappa shape index (κ3) is 3.86. The first-order valence-electron chi connectivity index (χ1n) is 5.81. The molecule has 94 valence electrons. The summed E-state index contributed by atoms with van der Waals surface area (Å²) in [6, 6.07) is 8.22. The normalized spacial score (nSPS) is 11.3. The molecular formula is C14H21NO2. The van der Waals surface area contributed by atoms with Gasteiger partial charge in [0.1, 0.15) is 0 Å². The fourth-order valence-electron chi connectivity index (χ4n) is 1.67. The van der Waals surface area contributed by atoms with Crippen molar-refractivity contribution in [1.29, 1.82) is 0 Å². The number of rotatable bonds is 5. The van der Waals surface area contributed by atoms with Crippen LogP contribution in [0.4, 0.5) is 0 Å². The van der Waals surface area contributed by atoms with Crippen molar-refractivity contribution in [2.45, 2.75) is 27.3 Å². The van der Waals surface area contributed by atoms with Gasteiger partial charge in [-0.05, 0) is 31.9 Å². The molecule has 1 rings (SSSR count). The second-order valence-electron chi connectivity index (χ2n) is 4.91. The quantitative estimate of drug-likeness (QED) is 0.796. The van der Waals surface area contributed by atoms with Gasteiger partial charge in [-0.3, -0.25) is 4.79 Å². The summed E-state index contributed by atoms with van der Waals surface area (Å²) in [6.07, 6.45) is 0. The maximum atomic E-state index is 11.5. The highest BCUT2D eigenvalue weighted by Crippen LogP contribution is 2.16. The van der Waals surface area contributed by atoms with Crippen molar-refractivity contribution in [3.63, 3.8) is 0 Å². The van der Waals surface area contributed by atoms with Crippen LogP contribution in [-0.4, -0.2) is 19.6 Å². The van der Waals surface area contributed by atoms with Gasteiger partial charge in [-0.2, -0.15) is 0 Å². The van der Waals surface area contributed by atoms with E-state index in [-0.39, 0.29) is 5.97 Å². The summed E-state index contributed by atoms with van der Waals surface area (Å²) < 4.78 is 4.76. The second kappa shape index (κ2) is 5.82. The highest BCUT2D eigenvalue weighted by Gasteiger charge is 2.27. The first-order chi connectivity index (χ1) is 7.97. The number of esters is 1. The molecule has 0 aliphatic rings. The van der Waals surface area contributed by atoms with Crippen molar-refractivity contribution in [3.8, 4) is 0 Å². The molecule has 0 spiro atoms. The lowest BCUT2D eigenvalue weighted by atomic mass is 9.93. The SMILES string of the molecule is COC(=O)C(C)(C)CNCc1ccccc1C. The summed E-state index contributed by atoms with van der Waals surface area (Å²) in [4.78, 5) is 11.5. The van der Waals surface area contributed by atoms with Crippen LogP contribution >= 0.6 is 0 Å². The van der Waals surface area contributed by atoms with Gasteiger partial charge in [-0.15, -0.1) is 0 Å². The Labute approximate surface area is 103 Å². The van der Waals surface area contributed by atoms with Crippen LogP contribution in [0, 0.1) is 12.3 Å². The van der Waals surface area contributed by atoms with E-state index in [0.717, 1.165) is 6.54 Å². The first kappa shape index (κ1) is 13.7. The van der Waals surface area contributed by atoms with Gasteiger partial charge in [-0.1, -0.05) is 24.3 Å². The molecule has 3 heteroatoms. The maximum Gasteiger partial charge on any atom is 0.312 e. The molecule has 0 unspecified atom stereocenters. The summed E-state index contributed by atoms with van der Waals surface area (Å²) in [6.45, 7) is 7.22. The number of hydrogen-bond acceptors (Lipinski definition) is 3. The van der Waals surface area contributed by atoms with Gasteiger partial charge in [0.2, 0.25) is 0 Å². The molecule has 0 saturated carbocycles. The van der Waals surface area contributed by atoms with Gasteiger partial charge >= 0.3 is 5.97 Å². The van der Waals surface area contributed by atoms with E-state index in [4.69, 9.17) is 4.74 Å². The van der Waals surface area contributed by atoms with Crippen LogP contribution < -0.4 is 5.32 Å². The molecule has 0 saturated heterocycles. The van der Waals surface area contributed by atoms with Crippen LogP contribution in [0.3, 0.4) is 0 Å². The van der Waals surface area contributed by atoms with Gasteiger partial charge in [0.15, 0.2) is 0 Å². The van der Waals surface area contributed by atoms with E-state index < -0.39 is 5.41 Å². The van der Waals surface area contributed by atoms with E-state index in [0.29, 0.717) is 6.54 Å². The lowest BCUT2D eigenvalue weighted by Gasteiger charge is -2.22. The Bertz CT molecular complexity index is 386. The van der Waals surface area contributed by atoms with E-state index in [1.807, 2.05) is 26.0 Å². The van der Waals surface area contributed by atoms with E-state index in [1.165, 1.54) is 18.2 Å². The molecule has 0 atom stereocenters. The Kier molecular flexibility index (Phi) is 4.70. The lowest BCUT2D eigenvalue weighted by molar-refractivity contribution is -0.150. The number of methoxy groups -OCH3 is 1. The van der Waals surface area contributed by atoms with Crippen molar-refractivity contribution in [2.75, 3.05) is 13.7 Å². The molecule has 1 aromatic rings. The summed E-state index contributed by atoms with van der Waals surface area (Å²) in [7, 11) is 1.42. The number of benzene rings is 1. The minimum absolute atomic E-state index is 0.185. The molecule has 0 amide bonds. The zero-order chi connectivity index (χ0) is 12.9. The molecule has 17 heavy (non-hydrogen) atoms. The molecule has 0 aliphatic carbocycles. The summed E-state index contributed by atoms with van der Waals surface area (Å²) in [5.41, 5.74) is 2.03. The van der Waals surface area contributed by atoms with Gasteiger partial charge in [-0.25, -0.2) is 0 Å². The first-order valence-corrected chi connectivity index (χ1v) is 5.81. The Morgan fingerprint density at radius 1 is 1.35 bits per heavy atom. The molecule has 0 bridgehead atoms. The number of carbonyl (C=O) groups excluding carboxylic acids is 1. The van der Waals surface area contributed by atoms with Gasteiger partial charge in [0.05, 0.1) is 12.5 Å². The molecule has 1 N–H and O–H groups in total. The smallest absolute Gasteiger partial charge is 0.312 e. The Hall–Kier alpha value is -1.35. The molecular weight excluding hydrogens is 214 g/mol. The predicted molar refractivity (Wildman–Crippen MR) is 68.7 cm³/mol. The summed E-state index contributed by atoms with van der Waals surface area (Å²) in [5, 5.41) is 3.30. The minimum atomic E-state index is -0.489. The second-order valence-corrected chi connectivity index (χ2v) is 4.91. The Morgan fingerprint density at radius 2 is 2.00 bits per heavy atom. The molecule has 0 radical (unpaired) electrons. The largest absolute Gasteiger partial charge is 0.469 e. The van der Waals surface area contributed by atoms with Crippen LogP contribution in [0.2, 0.25) is 0 Å².